The van der Waals surface area contributed by atoms with E-state index in [0.29, 0.717) is 11.1 Å². The van der Waals surface area contributed by atoms with E-state index in [9.17, 15) is 24.0 Å². The molecule has 0 aromatic heterocycles. The Bertz CT molecular complexity index is 1060. The summed E-state index contributed by atoms with van der Waals surface area (Å²) in [6, 6.07) is 16.0. The number of benzene rings is 2. The van der Waals surface area contributed by atoms with Crippen LogP contribution in [0.3, 0.4) is 0 Å². The maximum atomic E-state index is 12.5. The fourth-order valence-electron chi connectivity index (χ4n) is 2.71. The molecular formula is C24H25N3O6S2. The van der Waals surface area contributed by atoms with Crippen molar-refractivity contribution in [2.45, 2.75) is 12.5 Å². The molecule has 2 rings (SSSR count). The number of rotatable bonds is 12. The molecule has 0 saturated carbocycles. The number of methoxy groups -OCH3 is 1. The van der Waals surface area contributed by atoms with Crippen LogP contribution in [0, 0.1) is 0 Å². The Balaban J connectivity index is 1.91. The van der Waals surface area contributed by atoms with Gasteiger partial charge >= 0.3 is 5.97 Å². The van der Waals surface area contributed by atoms with Crippen molar-refractivity contribution < 1.29 is 28.7 Å². The van der Waals surface area contributed by atoms with Crippen LogP contribution in [0.15, 0.2) is 60.7 Å². The van der Waals surface area contributed by atoms with Crippen molar-refractivity contribution >= 4 is 57.7 Å². The van der Waals surface area contributed by atoms with Crippen LogP contribution in [-0.2, 0) is 19.1 Å². The van der Waals surface area contributed by atoms with Crippen molar-refractivity contribution in [2.75, 3.05) is 26.0 Å². The molecule has 0 heterocycles. The minimum Gasteiger partial charge on any atom is -0.468 e. The van der Waals surface area contributed by atoms with Gasteiger partial charge in [-0.05, 0) is 0 Å². The number of ketones is 1. The SMILES string of the molecule is COC(=O)CNC(=O)[C@H](CSC(=O)c1ccccc1)NC(=O)CNC(=S)CC(=O)c1ccccc1. The largest absolute Gasteiger partial charge is 0.468 e. The van der Waals surface area contributed by atoms with Gasteiger partial charge in [-0.1, -0.05) is 84.6 Å². The zero-order valence-corrected chi connectivity index (χ0v) is 20.6. The summed E-state index contributed by atoms with van der Waals surface area (Å²) in [5, 5.41) is 7.31. The second-order valence-corrected chi connectivity index (χ2v) is 8.61. The molecule has 3 N–H and O–H groups in total. The highest BCUT2D eigenvalue weighted by Crippen LogP contribution is 2.13. The maximum Gasteiger partial charge on any atom is 0.325 e. The van der Waals surface area contributed by atoms with E-state index in [-0.39, 0.29) is 41.2 Å². The average Bonchev–Trinajstić information content (AvgIpc) is 2.88. The van der Waals surface area contributed by atoms with Gasteiger partial charge in [-0.3, -0.25) is 24.0 Å². The van der Waals surface area contributed by atoms with Crippen LogP contribution in [-0.4, -0.2) is 65.7 Å². The van der Waals surface area contributed by atoms with Crippen molar-refractivity contribution in [1.82, 2.24) is 16.0 Å². The standard InChI is InChI=1S/C24H25N3O6S2/c1-33-22(30)14-26-23(31)18(15-35-24(32)17-10-6-3-7-11-17)27-20(29)13-25-21(34)12-19(28)16-8-4-2-5-9-16/h2-11,18H,12-15H2,1H3,(H,25,34)(H,26,31)(H,27,29)/t18-/m0/s1. The number of carbonyl (C=O) groups excluding carboxylic acids is 5. The van der Waals surface area contributed by atoms with Gasteiger partial charge in [-0.2, -0.15) is 0 Å². The second kappa shape index (κ2) is 14.6. The minimum absolute atomic E-state index is 0.0661. The monoisotopic (exact) mass is 515 g/mol. The molecule has 2 aromatic rings. The van der Waals surface area contributed by atoms with Crippen molar-refractivity contribution in [2.24, 2.45) is 0 Å². The smallest absolute Gasteiger partial charge is 0.325 e. The first-order valence-electron chi connectivity index (χ1n) is 10.5. The number of hydrogen-bond donors (Lipinski definition) is 3. The highest BCUT2D eigenvalue weighted by molar-refractivity contribution is 8.14. The fraction of sp³-hybridized carbons (Fsp3) is 0.250. The van der Waals surface area contributed by atoms with Crippen LogP contribution in [0.4, 0.5) is 0 Å². The Labute approximate surface area is 212 Å². The van der Waals surface area contributed by atoms with Gasteiger partial charge in [0.15, 0.2) is 5.78 Å². The number of carbonyl (C=O) groups is 5. The van der Waals surface area contributed by atoms with Crippen LogP contribution >= 0.6 is 24.0 Å². The molecule has 0 aliphatic rings. The first kappa shape index (κ1) is 27.7. The second-order valence-electron chi connectivity index (χ2n) is 7.12. The third kappa shape index (κ3) is 10.1. The summed E-state index contributed by atoms with van der Waals surface area (Å²) in [4.78, 5) is 61.1. The molecular weight excluding hydrogens is 490 g/mol. The third-order valence-electron chi connectivity index (χ3n) is 4.54. The Kier molecular flexibility index (Phi) is 11.6. The molecule has 0 aliphatic carbocycles. The lowest BCUT2D eigenvalue weighted by molar-refractivity contribution is -0.141. The zero-order chi connectivity index (χ0) is 25.6. The van der Waals surface area contributed by atoms with E-state index in [0.717, 1.165) is 11.8 Å². The summed E-state index contributed by atoms with van der Waals surface area (Å²) in [5.74, 6) is -2.15. The van der Waals surface area contributed by atoms with E-state index in [1.165, 1.54) is 7.11 Å². The van der Waals surface area contributed by atoms with E-state index in [1.807, 2.05) is 0 Å². The molecule has 0 fully saturated rings. The number of Topliss-reactive ketones (excluding diaryl/α,β-unsaturated/α-hetero) is 1. The average molecular weight is 516 g/mol. The van der Waals surface area contributed by atoms with Gasteiger partial charge in [-0.15, -0.1) is 0 Å². The van der Waals surface area contributed by atoms with Gasteiger partial charge in [0.05, 0.1) is 25.1 Å². The number of nitrogens with one attached hydrogen (secondary N) is 3. The van der Waals surface area contributed by atoms with Gasteiger partial charge in [-0.25, -0.2) is 0 Å². The zero-order valence-electron chi connectivity index (χ0n) is 18.9. The lowest BCUT2D eigenvalue weighted by Crippen LogP contribution is -2.51. The molecule has 0 aliphatic heterocycles. The molecule has 2 amide bonds. The summed E-state index contributed by atoms with van der Waals surface area (Å²) < 4.78 is 4.49. The molecule has 35 heavy (non-hydrogen) atoms. The molecule has 0 radical (unpaired) electrons. The van der Waals surface area contributed by atoms with Crippen LogP contribution < -0.4 is 16.0 Å². The first-order chi connectivity index (χ1) is 16.8. The summed E-state index contributed by atoms with van der Waals surface area (Å²) in [6.45, 7) is -0.665. The number of esters is 1. The molecule has 11 heteroatoms. The molecule has 0 unspecified atom stereocenters. The molecule has 9 nitrogen and oxygen atoms in total. The lowest BCUT2D eigenvalue weighted by atomic mass is 10.1. The van der Waals surface area contributed by atoms with E-state index in [1.54, 1.807) is 60.7 Å². The summed E-state index contributed by atoms with van der Waals surface area (Å²) >= 11 is 6.00. The normalized spacial score (nSPS) is 11.0. The van der Waals surface area contributed by atoms with Crippen LogP contribution in [0.2, 0.25) is 0 Å². The number of amides is 2. The minimum atomic E-state index is -1.11. The van der Waals surface area contributed by atoms with Gasteiger partial charge in [0.2, 0.25) is 16.9 Å². The highest BCUT2D eigenvalue weighted by Gasteiger charge is 2.23. The molecule has 0 bridgehead atoms. The van der Waals surface area contributed by atoms with E-state index in [4.69, 9.17) is 12.2 Å². The number of ether oxygens (including phenoxy) is 1. The quantitative estimate of drug-likeness (QED) is 0.219. The Morgan fingerprint density at radius 3 is 2.09 bits per heavy atom. The summed E-state index contributed by atoms with van der Waals surface area (Å²) in [7, 11) is 1.18. The number of thioether (sulfide) groups is 1. The lowest BCUT2D eigenvalue weighted by Gasteiger charge is -2.18. The summed E-state index contributed by atoms with van der Waals surface area (Å²) in [6.07, 6.45) is -0.0723. The highest BCUT2D eigenvalue weighted by atomic mass is 32.2. The van der Waals surface area contributed by atoms with Crippen molar-refractivity contribution in [3.05, 3.63) is 71.8 Å². The summed E-state index contributed by atoms with van der Waals surface area (Å²) in [5.41, 5.74) is 0.955. The van der Waals surface area contributed by atoms with Crippen LogP contribution in [0.25, 0.3) is 0 Å². The van der Waals surface area contributed by atoms with Gasteiger partial charge in [0, 0.05) is 16.9 Å². The van der Waals surface area contributed by atoms with Crippen molar-refractivity contribution in [3.8, 4) is 0 Å². The first-order valence-corrected chi connectivity index (χ1v) is 11.9. The van der Waals surface area contributed by atoms with Gasteiger partial charge in [0.25, 0.3) is 0 Å². The Morgan fingerprint density at radius 2 is 1.49 bits per heavy atom. The van der Waals surface area contributed by atoms with E-state index < -0.39 is 23.8 Å². The number of thiocarbonyl (C=S) groups is 1. The van der Waals surface area contributed by atoms with Crippen LogP contribution in [0.5, 0.6) is 0 Å². The van der Waals surface area contributed by atoms with Crippen molar-refractivity contribution in [1.29, 1.82) is 0 Å². The van der Waals surface area contributed by atoms with Gasteiger partial charge < -0.3 is 20.7 Å². The maximum absolute atomic E-state index is 12.5. The number of hydrogen-bond acceptors (Lipinski definition) is 8. The van der Waals surface area contributed by atoms with Crippen molar-refractivity contribution in [3.63, 3.8) is 0 Å². The topological polar surface area (TPSA) is 131 Å². The molecule has 0 spiro atoms. The Morgan fingerprint density at radius 1 is 0.886 bits per heavy atom. The molecule has 1 atom stereocenters. The molecule has 0 saturated heterocycles. The molecule has 184 valence electrons. The third-order valence-corrected chi connectivity index (χ3v) is 5.83. The van der Waals surface area contributed by atoms with E-state index >= 15 is 0 Å². The molecule has 2 aromatic carbocycles. The Hall–Kier alpha value is -3.57. The van der Waals surface area contributed by atoms with E-state index in [2.05, 4.69) is 20.7 Å². The van der Waals surface area contributed by atoms with Crippen LogP contribution in [0.1, 0.15) is 27.1 Å². The van der Waals surface area contributed by atoms with Gasteiger partial charge in [0.1, 0.15) is 12.6 Å². The predicted molar refractivity (Wildman–Crippen MR) is 136 cm³/mol. The predicted octanol–water partition coefficient (Wildman–Crippen LogP) is 1.52. The fourth-order valence-corrected chi connectivity index (χ4v) is 3.77.